The minimum Gasteiger partial charge on any atom is -0.382 e. The molecule has 1 N–H and O–H groups in total. The predicted octanol–water partition coefficient (Wildman–Crippen LogP) is 3.09. The summed E-state index contributed by atoms with van der Waals surface area (Å²) in [6, 6.07) is 8.04. The number of ether oxygens (including phenoxy) is 1. The van der Waals surface area contributed by atoms with E-state index in [1.165, 1.54) is 5.69 Å². The third kappa shape index (κ3) is 7.50. The quantitative estimate of drug-likeness (QED) is 0.231. The van der Waals surface area contributed by atoms with Gasteiger partial charge in [0.25, 0.3) is 0 Å². The van der Waals surface area contributed by atoms with E-state index in [-0.39, 0.29) is 24.0 Å². The van der Waals surface area contributed by atoms with Crippen LogP contribution in [0.2, 0.25) is 5.02 Å². The van der Waals surface area contributed by atoms with Crippen molar-refractivity contribution >= 4 is 47.2 Å². The molecule has 0 spiro atoms. The van der Waals surface area contributed by atoms with Crippen molar-refractivity contribution in [1.29, 1.82) is 0 Å². The molecule has 2 aromatic rings. The summed E-state index contributed by atoms with van der Waals surface area (Å²) in [6.07, 6.45) is 0.943. The molecule has 1 aromatic heterocycles. The summed E-state index contributed by atoms with van der Waals surface area (Å²) < 4.78 is 7.43. The maximum atomic E-state index is 6.16. The highest BCUT2D eigenvalue weighted by molar-refractivity contribution is 14.0. The van der Waals surface area contributed by atoms with Gasteiger partial charge in [0.2, 0.25) is 0 Å². The Morgan fingerprint density at radius 3 is 2.65 bits per heavy atom. The van der Waals surface area contributed by atoms with E-state index in [4.69, 9.17) is 21.3 Å². The van der Waals surface area contributed by atoms with Gasteiger partial charge in [0.1, 0.15) is 12.4 Å². The number of aliphatic imine (C=N–C) groups is 1. The standard InChI is InChI=1S/C21H32ClN7O.HI/c1-4-30-14-6-9-23-21(24-16-20-26-25-17(2)27(20)3)29-12-10-28(11-13-29)19-8-5-7-18(22)15-19;/h5,7-8,15H,4,6,9-14,16H2,1-3H3,(H,23,24);1H. The van der Waals surface area contributed by atoms with E-state index < -0.39 is 0 Å². The molecule has 1 aliphatic heterocycles. The third-order valence-electron chi connectivity index (χ3n) is 5.26. The second-order valence-corrected chi connectivity index (χ2v) is 7.73. The number of guanidine groups is 1. The van der Waals surface area contributed by atoms with Crippen molar-refractivity contribution in [2.75, 3.05) is 50.8 Å². The molecule has 0 atom stereocenters. The lowest BCUT2D eigenvalue weighted by Crippen LogP contribution is -2.52. The van der Waals surface area contributed by atoms with Gasteiger partial charge in [-0.2, -0.15) is 0 Å². The number of rotatable bonds is 8. The van der Waals surface area contributed by atoms with Crippen LogP contribution in [0.15, 0.2) is 29.3 Å². The van der Waals surface area contributed by atoms with Gasteiger partial charge < -0.3 is 24.4 Å². The fourth-order valence-corrected chi connectivity index (χ4v) is 3.55. The molecule has 8 nitrogen and oxygen atoms in total. The zero-order valence-electron chi connectivity index (χ0n) is 18.6. The van der Waals surface area contributed by atoms with Crippen LogP contribution in [0.5, 0.6) is 0 Å². The Balaban J connectivity index is 0.00000341. The molecular formula is C21H33ClIN7O. The molecule has 1 aliphatic rings. The number of aromatic nitrogens is 3. The van der Waals surface area contributed by atoms with E-state index in [9.17, 15) is 0 Å². The number of aryl methyl sites for hydroxylation is 1. The highest BCUT2D eigenvalue weighted by Crippen LogP contribution is 2.20. The van der Waals surface area contributed by atoms with Crippen LogP contribution in [0.4, 0.5) is 5.69 Å². The van der Waals surface area contributed by atoms with Crippen molar-refractivity contribution in [1.82, 2.24) is 25.0 Å². The van der Waals surface area contributed by atoms with Gasteiger partial charge in [0.15, 0.2) is 11.8 Å². The molecule has 31 heavy (non-hydrogen) atoms. The highest BCUT2D eigenvalue weighted by Gasteiger charge is 2.20. The summed E-state index contributed by atoms with van der Waals surface area (Å²) in [5, 5.41) is 12.6. The van der Waals surface area contributed by atoms with E-state index in [1.54, 1.807) is 0 Å². The third-order valence-corrected chi connectivity index (χ3v) is 5.49. The van der Waals surface area contributed by atoms with Crippen LogP contribution in [0.1, 0.15) is 25.0 Å². The van der Waals surface area contributed by atoms with Gasteiger partial charge in [-0.3, -0.25) is 0 Å². The van der Waals surface area contributed by atoms with Crippen LogP contribution in [0.25, 0.3) is 0 Å². The second kappa shape index (κ2) is 13.1. The van der Waals surface area contributed by atoms with Gasteiger partial charge in [-0.1, -0.05) is 17.7 Å². The Morgan fingerprint density at radius 1 is 1.23 bits per heavy atom. The van der Waals surface area contributed by atoms with Crippen LogP contribution >= 0.6 is 35.6 Å². The van der Waals surface area contributed by atoms with E-state index in [2.05, 4.69) is 31.4 Å². The summed E-state index contributed by atoms with van der Waals surface area (Å²) >= 11 is 6.16. The first-order valence-electron chi connectivity index (χ1n) is 10.5. The van der Waals surface area contributed by atoms with Gasteiger partial charge in [-0.05, 0) is 38.5 Å². The molecule has 1 saturated heterocycles. The van der Waals surface area contributed by atoms with Gasteiger partial charge in [0, 0.05) is 63.7 Å². The minimum absolute atomic E-state index is 0. The fraction of sp³-hybridized carbons (Fsp3) is 0.571. The first-order valence-corrected chi connectivity index (χ1v) is 10.9. The summed E-state index contributed by atoms with van der Waals surface area (Å²) in [4.78, 5) is 9.52. The maximum Gasteiger partial charge on any atom is 0.194 e. The number of benzene rings is 1. The molecule has 3 rings (SSSR count). The second-order valence-electron chi connectivity index (χ2n) is 7.29. The number of anilines is 1. The minimum atomic E-state index is 0. The highest BCUT2D eigenvalue weighted by atomic mass is 127. The average molecular weight is 562 g/mol. The zero-order chi connectivity index (χ0) is 21.3. The van der Waals surface area contributed by atoms with E-state index in [1.807, 2.05) is 43.7 Å². The zero-order valence-corrected chi connectivity index (χ0v) is 21.6. The lowest BCUT2D eigenvalue weighted by molar-refractivity contribution is 0.145. The topological polar surface area (TPSA) is 70.8 Å². The summed E-state index contributed by atoms with van der Waals surface area (Å²) in [5.74, 6) is 2.66. The number of halogens is 2. The van der Waals surface area contributed by atoms with Crippen LogP contribution in [-0.4, -0.2) is 71.6 Å². The summed E-state index contributed by atoms with van der Waals surface area (Å²) in [7, 11) is 1.97. The smallest absolute Gasteiger partial charge is 0.194 e. The molecule has 1 aromatic carbocycles. The van der Waals surface area contributed by atoms with Crippen molar-refractivity contribution in [3.63, 3.8) is 0 Å². The first kappa shape index (κ1) is 25.7. The van der Waals surface area contributed by atoms with Gasteiger partial charge >= 0.3 is 0 Å². The molecule has 2 heterocycles. The molecule has 0 amide bonds. The number of nitrogens with zero attached hydrogens (tertiary/aromatic N) is 6. The Kier molecular flexibility index (Phi) is 10.8. The number of nitrogens with one attached hydrogen (secondary N) is 1. The molecule has 10 heteroatoms. The van der Waals surface area contributed by atoms with E-state index in [0.29, 0.717) is 6.54 Å². The summed E-state index contributed by atoms with van der Waals surface area (Å²) in [5.41, 5.74) is 1.17. The number of hydrogen-bond donors (Lipinski definition) is 1. The lowest BCUT2D eigenvalue weighted by Gasteiger charge is -2.37. The average Bonchev–Trinajstić information content (AvgIpc) is 3.08. The van der Waals surface area contributed by atoms with E-state index in [0.717, 1.165) is 75.0 Å². The predicted molar refractivity (Wildman–Crippen MR) is 137 cm³/mol. The molecule has 0 aliphatic carbocycles. The first-order chi connectivity index (χ1) is 14.6. The molecule has 172 valence electrons. The van der Waals surface area contributed by atoms with Crippen LogP contribution in [0.3, 0.4) is 0 Å². The number of hydrogen-bond acceptors (Lipinski definition) is 5. The Labute approximate surface area is 207 Å². The molecule has 0 bridgehead atoms. The van der Waals surface area contributed by atoms with Gasteiger partial charge in [0.05, 0.1) is 0 Å². The Bertz CT molecular complexity index is 837. The van der Waals surface area contributed by atoms with Crippen LogP contribution in [0, 0.1) is 6.92 Å². The molecule has 0 radical (unpaired) electrons. The van der Waals surface area contributed by atoms with Crippen molar-refractivity contribution in [2.24, 2.45) is 12.0 Å². The van der Waals surface area contributed by atoms with Crippen LogP contribution < -0.4 is 10.2 Å². The molecular weight excluding hydrogens is 529 g/mol. The maximum absolute atomic E-state index is 6.16. The fourth-order valence-electron chi connectivity index (χ4n) is 3.37. The van der Waals surface area contributed by atoms with Crippen LogP contribution in [-0.2, 0) is 18.3 Å². The van der Waals surface area contributed by atoms with Crippen molar-refractivity contribution in [2.45, 2.75) is 26.8 Å². The number of piperazine rings is 1. The summed E-state index contributed by atoms with van der Waals surface area (Å²) in [6.45, 7) is 10.4. The molecule has 1 fully saturated rings. The van der Waals surface area contributed by atoms with Crippen molar-refractivity contribution in [3.05, 3.63) is 40.9 Å². The normalized spacial score (nSPS) is 14.5. The van der Waals surface area contributed by atoms with Crippen molar-refractivity contribution in [3.8, 4) is 0 Å². The lowest BCUT2D eigenvalue weighted by atomic mass is 10.2. The molecule has 0 saturated carbocycles. The molecule has 0 unspecified atom stereocenters. The van der Waals surface area contributed by atoms with Crippen molar-refractivity contribution < 1.29 is 4.74 Å². The Hall–Kier alpha value is -1.59. The van der Waals surface area contributed by atoms with Gasteiger partial charge in [-0.15, -0.1) is 34.2 Å². The largest absolute Gasteiger partial charge is 0.382 e. The Morgan fingerprint density at radius 2 is 2.00 bits per heavy atom. The van der Waals surface area contributed by atoms with E-state index >= 15 is 0 Å². The monoisotopic (exact) mass is 561 g/mol. The van der Waals surface area contributed by atoms with Gasteiger partial charge in [-0.25, -0.2) is 4.99 Å². The SMILES string of the molecule is CCOCCCNC(=NCc1nnc(C)n1C)N1CCN(c2cccc(Cl)c2)CC1.I.